The smallest absolute Gasteiger partial charge is 0.203 e. The van der Waals surface area contributed by atoms with Gasteiger partial charge in [0.25, 0.3) is 0 Å². The van der Waals surface area contributed by atoms with Gasteiger partial charge >= 0.3 is 0 Å². The van der Waals surface area contributed by atoms with Gasteiger partial charge in [-0.2, -0.15) is 0 Å². The summed E-state index contributed by atoms with van der Waals surface area (Å²) in [5.74, 6) is 0.515. The molecular formula is C17H15ClFN3. The van der Waals surface area contributed by atoms with E-state index >= 15 is 0 Å². The number of anilines is 1. The molecule has 1 heterocycles. The molecule has 5 heteroatoms. The van der Waals surface area contributed by atoms with Gasteiger partial charge in [0.1, 0.15) is 5.82 Å². The summed E-state index contributed by atoms with van der Waals surface area (Å²) in [6.45, 7) is 0.658. The summed E-state index contributed by atoms with van der Waals surface area (Å²) in [4.78, 5) is 4.38. The molecule has 3 rings (SSSR count). The van der Waals surface area contributed by atoms with Gasteiger partial charge in [-0.15, -0.1) is 0 Å². The van der Waals surface area contributed by atoms with Gasteiger partial charge in [-0.25, -0.2) is 9.37 Å². The molecule has 0 saturated heterocycles. The minimum atomic E-state index is -0.244. The quantitative estimate of drug-likeness (QED) is 0.768. The lowest BCUT2D eigenvalue weighted by atomic mass is 10.2. The number of nitrogens with one attached hydrogen (secondary N) is 1. The van der Waals surface area contributed by atoms with Crippen LogP contribution in [-0.4, -0.2) is 9.55 Å². The number of aromatic nitrogens is 2. The number of hydrogen-bond acceptors (Lipinski definition) is 2. The van der Waals surface area contributed by atoms with E-state index in [1.54, 1.807) is 18.3 Å². The molecule has 0 aliphatic rings. The summed E-state index contributed by atoms with van der Waals surface area (Å²) >= 11 is 5.87. The fourth-order valence-corrected chi connectivity index (χ4v) is 2.37. The van der Waals surface area contributed by atoms with E-state index in [1.165, 1.54) is 12.1 Å². The first-order valence-corrected chi connectivity index (χ1v) is 7.27. The minimum Gasteiger partial charge on any atom is -0.352 e. The summed E-state index contributed by atoms with van der Waals surface area (Å²) < 4.78 is 14.9. The fourth-order valence-electron chi connectivity index (χ4n) is 2.25. The zero-order chi connectivity index (χ0) is 15.5. The van der Waals surface area contributed by atoms with E-state index in [9.17, 15) is 4.39 Å². The maximum atomic E-state index is 13.0. The third-order valence-corrected chi connectivity index (χ3v) is 3.74. The van der Waals surface area contributed by atoms with Crippen LogP contribution in [0, 0.1) is 5.82 Å². The molecular weight excluding hydrogens is 301 g/mol. The van der Waals surface area contributed by atoms with Crippen molar-refractivity contribution in [3.05, 3.63) is 71.1 Å². The Kier molecular flexibility index (Phi) is 4.11. The van der Waals surface area contributed by atoms with Crippen molar-refractivity contribution in [2.45, 2.75) is 6.54 Å². The zero-order valence-corrected chi connectivity index (χ0v) is 12.8. The van der Waals surface area contributed by atoms with Gasteiger partial charge in [-0.1, -0.05) is 23.7 Å². The standard InChI is InChI=1S/C17H15ClFN3/c1-22-16(13-4-8-15(19)9-5-13)11-21-17(22)20-10-12-2-6-14(18)7-3-12/h2-9,11H,10H2,1H3,(H,20,21). The maximum absolute atomic E-state index is 13.0. The average Bonchev–Trinajstić information content (AvgIpc) is 2.89. The van der Waals surface area contributed by atoms with E-state index < -0.39 is 0 Å². The molecule has 0 spiro atoms. The first-order valence-electron chi connectivity index (χ1n) is 6.89. The summed E-state index contributed by atoms with van der Waals surface area (Å²) in [6, 6.07) is 14.1. The Morgan fingerprint density at radius 3 is 2.45 bits per heavy atom. The molecule has 22 heavy (non-hydrogen) atoms. The number of imidazole rings is 1. The molecule has 0 aliphatic carbocycles. The first-order chi connectivity index (χ1) is 10.6. The molecule has 3 aromatic rings. The molecule has 3 nitrogen and oxygen atoms in total. The van der Waals surface area contributed by atoms with Crippen LogP contribution in [0.1, 0.15) is 5.56 Å². The molecule has 112 valence electrons. The van der Waals surface area contributed by atoms with Crippen LogP contribution in [0.3, 0.4) is 0 Å². The van der Waals surface area contributed by atoms with Crippen molar-refractivity contribution in [3.63, 3.8) is 0 Å². The Morgan fingerprint density at radius 1 is 1.09 bits per heavy atom. The lowest BCUT2D eigenvalue weighted by Gasteiger charge is -2.08. The molecule has 0 aliphatic heterocycles. The van der Waals surface area contributed by atoms with Gasteiger partial charge in [0.15, 0.2) is 0 Å². The van der Waals surface area contributed by atoms with Gasteiger partial charge in [0, 0.05) is 24.2 Å². The van der Waals surface area contributed by atoms with Crippen LogP contribution in [0.4, 0.5) is 10.3 Å². The number of rotatable bonds is 4. The van der Waals surface area contributed by atoms with Gasteiger partial charge in [-0.3, -0.25) is 0 Å². The zero-order valence-electron chi connectivity index (χ0n) is 12.1. The monoisotopic (exact) mass is 315 g/mol. The van der Waals surface area contributed by atoms with Crippen molar-refractivity contribution in [1.29, 1.82) is 0 Å². The number of benzene rings is 2. The molecule has 2 aromatic carbocycles. The Morgan fingerprint density at radius 2 is 1.77 bits per heavy atom. The van der Waals surface area contributed by atoms with E-state index in [0.717, 1.165) is 27.8 Å². The molecule has 0 amide bonds. The highest BCUT2D eigenvalue weighted by Crippen LogP contribution is 2.22. The minimum absolute atomic E-state index is 0.244. The van der Waals surface area contributed by atoms with E-state index in [2.05, 4.69) is 10.3 Å². The van der Waals surface area contributed by atoms with Crippen LogP contribution in [-0.2, 0) is 13.6 Å². The van der Waals surface area contributed by atoms with Crippen molar-refractivity contribution in [3.8, 4) is 11.3 Å². The third kappa shape index (κ3) is 3.12. The highest BCUT2D eigenvalue weighted by atomic mass is 35.5. The Labute approximate surface area is 133 Å². The first kappa shape index (κ1) is 14.6. The Balaban J connectivity index is 1.75. The predicted molar refractivity (Wildman–Crippen MR) is 87.4 cm³/mol. The van der Waals surface area contributed by atoms with Crippen LogP contribution in [0.15, 0.2) is 54.7 Å². The van der Waals surface area contributed by atoms with Gasteiger partial charge in [0.2, 0.25) is 5.95 Å². The second-order valence-electron chi connectivity index (χ2n) is 5.01. The fraction of sp³-hybridized carbons (Fsp3) is 0.118. The van der Waals surface area contributed by atoms with E-state index in [1.807, 2.05) is 35.9 Å². The van der Waals surface area contributed by atoms with Crippen molar-refractivity contribution < 1.29 is 4.39 Å². The van der Waals surface area contributed by atoms with Crippen LogP contribution in [0.2, 0.25) is 5.02 Å². The summed E-state index contributed by atoms with van der Waals surface area (Å²) in [7, 11) is 1.93. The molecule has 0 radical (unpaired) electrons. The predicted octanol–water partition coefficient (Wildman–Crippen LogP) is 4.49. The van der Waals surface area contributed by atoms with E-state index in [-0.39, 0.29) is 5.82 Å². The summed E-state index contributed by atoms with van der Waals surface area (Å²) in [5, 5.41) is 4.01. The summed E-state index contributed by atoms with van der Waals surface area (Å²) in [6.07, 6.45) is 1.78. The highest BCUT2D eigenvalue weighted by Gasteiger charge is 2.08. The molecule has 0 bridgehead atoms. The van der Waals surface area contributed by atoms with Gasteiger partial charge in [-0.05, 0) is 42.0 Å². The molecule has 0 unspecified atom stereocenters. The molecule has 0 atom stereocenters. The molecule has 0 saturated carbocycles. The maximum Gasteiger partial charge on any atom is 0.203 e. The van der Waals surface area contributed by atoms with Crippen LogP contribution < -0.4 is 5.32 Å². The van der Waals surface area contributed by atoms with Crippen molar-refractivity contribution in [1.82, 2.24) is 9.55 Å². The molecule has 1 aromatic heterocycles. The van der Waals surface area contributed by atoms with Crippen molar-refractivity contribution >= 4 is 17.5 Å². The highest BCUT2D eigenvalue weighted by molar-refractivity contribution is 6.30. The van der Waals surface area contributed by atoms with E-state index in [0.29, 0.717) is 6.54 Å². The van der Waals surface area contributed by atoms with Crippen LogP contribution >= 0.6 is 11.6 Å². The number of nitrogens with zero attached hydrogens (tertiary/aromatic N) is 2. The van der Waals surface area contributed by atoms with Crippen LogP contribution in [0.5, 0.6) is 0 Å². The normalized spacial score (nSPS) is 10.7. The topological polar surface area (TPSA) is 29.9 Å². The molecule has 0 fully saturated rings. The summed E-state index contributed by atoms with van der Waals surface area (Å²) in [5.41, 5.74) is 2.98. The van der Waals surface area contributed by atoms with E-state index in [4.69, 9.17) is 11.6 Å². The Bertz CT molecular complexity index is 764. The second kappa shape index (κ2) is 6.20. The van der Waals surface area contributed by atoms with Gasteiger partial charge in [0.05, 0.1) is 11.9 Å². The SMILES string of the molecule is Cn1c(-c2ccc(F)cc2)cnc1NCc1ccc(Cl)cc1. The molecule has 1 N–H and O–H groups in total. The Hall–Kier alpha value is -2.33. The lowest BCUT2D eigenvalue weighted by molar-refractivity contribution is 0.628. The average molecular weight is 316 g/mol. The van der Waals surface area contributed by atoms with Crippen LogP contribution in [0.25, 0.3) is 11.3 Å². The van der Waals surface area contributed by atoms with Crippen molar-refractivity contribution in [2.75, 3.05) is 5.32 Å². The number of halogens is 2. The van der Waals surface area contributed by atoms with Gasteiger partial charge < -0.3 is 9.88 Å². The number of hydrogen-bond donors (Lipinski definition) is 1. The largest absolute Gasteiger partial charge is 0.352 e. The van der Waals surface area contributed by atoms with Crippen molar-refractivity contribution in [2.24, 2.45) is 7.05 Å². The second-order valence-corrected chi connectivity index (χ2v) is 5.45. The third-order valence-electron chi connectivity index (χ3n) is 3.49. The lowest BCUT2D eigenvalue weighted by Crippen LogP contribution is -2.05.